The number of hydrazone groups is 1. The van der Waals surface area contributed by atoms with Crippen molar-refractivity contribution in [1.29, 1.82) is 0 Å². The van der Waals surface area contributed by atoms with Crippen LogP contribution in [0.4, 0.5) is 5.69 Å². The number of amides is 1. The van der Waals surface area contributed by atoms with E-state index >= 15 is 0 Å². The van der Waals surface area contributed by atoms with E-state index in [1.807, 2.05) is 13.0 Å². The molecule has 1 aromatic rings. The topological polar surface area (TPSA) is 79.8 Å². The number of anilines is 1. The first-order chi connectivity index (χ1) is 10.9. The molecule has 0 aromatic heterocycles. The minimum atomic E-state index is -0.501. The molecule has 0 radical (unpaired) electrons. The standard InChI is InChI=1S/C16H22ClN3O3/c1-5-23-16(22)10(2)12(4)19-20-15(21)9-18-14-8-6-7-13(17)11(14)3/h6-8,10,18H,5,9H2,1-4H3,(H,20,21)/b19-12+/t10-/m0/s1. The molecule has 126 valence electrons. The highest BCUT2D eigenvalue weighted by Crippen LogP contribution is 2.22. The van der Waals surface area contributed by atoms with Gasteiger partial charge in [-0.2, -0.15) is 5.10 Å². The molecule has 0 unspecified atom stereocenters. The highest BCUT2D eigenvalue weighted by Gasteiger charge is 2.17. The fourth-order valence-corrected chi connectivity index (χ4v) is 1.87. The second kappa shape index (κ2) is 9.15. The second-order valence-electron chi connectivity index (χ2n) is 5.03. The average molecular weight is 340 g/mol. The SMILES string of the molecule is CCOC(=O)[C@@H](C)/C(C)=N/NC(=O)CNc1cccc(Cl)c1C. The summed E-state index contributed by atoms with van der Waals surface area (Å²) in [6, 6.07) is 5.43. The van der Waals surface area contributed by atoms with Crippen LogP contribution in [0.25, 0.3) is 0 Å². The first-order valence-corrected chi connectivity index (χ1v) is 7.73. The molecule has 0 aliphatic heterocycles. The first-order valence-electron chi connectivity index (χ1n) is 7.35. The van der Waals surface area contributed by atoms with Crippen molar-refractivity contribution in [1.82, 2.24) is 5.43 Å². The summed E-state index contributed by atoms with van der Waals surface area (Å²) in [5.41, 5.74) is 4.55. The van der Waals surface area contributed by atoms with Crippen LogP contribution in [-0.2, 0) is 14.3 Å². The molecule has 7 heteroatoms. The molecular weight excluding hydrogens is 318 g/mol. The van der Waals surface area contributed by atoms with Crippen LogP contribution < -0.4 is 10.7 Å². The van der Waals surface area contributed by atoms with Crippen LogP contribution in [0, 0.1) is 12.8 Å². The molecule has 1 amide bonds. The van der Waals surface area contributed by atoms with Crippen molar-refractivity contribution in [3.8, 4) is 0 Å². The van der Waals surface area contributed by atoms with Gasteiger partial charge in [0.2, 0.25) is 0 Å². The van der Waals surface area contributed by atoms with Crippen molar-refractivity contribution in [2.24, 2.45) is 11.0 Å². The Hall–Kier alpha value is -2.08. The highest BCUT2D eigenvalue weighted by atomic mass is 35.5. The Labute approximate surface area is 141 Å². The summed E-state index contributed by atoms with van der Waals surface area (Å²) >= 11 is 6.02. The van der Waals surface area contributed by atoms with E-state index in [0.717, 1.165) is 11.3 Å². The van der Waals surface area contributed by atoms with Crippen LogP contribution in [0.1, 0.15) is 26.3 Å². The van der Waals surface area contributed by atoms with E-state index in [-0.39, 0.29) is 18.4 Å². The predicted molar refractivity (Wildman–Crippen MR) is 91.7 cm³/mol. The molecule has 23 heavy (non-hydrogen) atoms. The molecule has 0 saturated carbocycles. The van der Waals surface area contributed by atoms with Gasteiger partial charge in [-0.25, -0.2) is 5.43 Å². The maximum absolute atomic E-state index is 11.8. The lowest BCUT2D eigenvalue weighted by Gasteiger charge is -2.11. The molecule has 2 N–H and O–H groups in total. The Balaban J connectivity index is 2.52. The van der Waals surface area contributed by atoms with Crippen molar-refractivity contribution < 1.29 is 14.3 Å². The zero-order valence-corrected chi connectivity index (χ0v) is 14.5. The van der Waals surface area contributed by atoms with Crippen molar-refractivity contribution in [3.63, 3.8) is 0 Å². The Morgan fingerprint density at radius 3 is 2.74 bits per heavy atom. The molecule has 0 fully saturated rings. The monoisotopic (exact) mass is 339 g/mol. The van der Waals surface area contributed by atoms with Crippen LogP contribution >= 0.6 is 11.6 Å². The van der Waals surface area contributed by atoms with E-state index < -0.39 is 5.92 Å². The van der Waals surface area contributed by atoms with Gasteiger partial charge in [-0.1, -0.05) is 17.7 Å². The van der Waals surface area contributed by atoms with Crippen LogP contribution in [0.2, 0.25) is 5.02 Å². The van der Waals surface area contributed by atoms with Crippen molar-refractivity contribution in [2.75, 3.05) is 18.5 Å². The number of carbonyl (C=O) groups excluding carboxylic acids is 2. The Kier molecular flexibility index (Phi) is 7.54. The molecule has 0 aliphatic carbocycles. The maximum Gasteiger partial charge on any atom is 0.314 e. The molecule has 0 saturated heterocycles. The molecule has 0 heterocycles. The summed E-state index contributed by atoms with van der Waals surface area (Å²) in [4.78, 5) is 23.4. The number of hydrogen-bond acceptors (Lipinski definition) is 5. The van der Waals surface area contributed by atoms with Gasteiger partial charge in [-0.05, 0) is 45.4 Å². The van der Waals surface area contributed by atoms with Gasteiger partial charge in [0.1, 0.15) is 0 Å². The minimum Gasteiger partial charge on any atom is -0.465 e. The van der Waals surface area contributed by atoms with Gasteiger partial charge in [0.25, 0.3) is 5.91 Å². The smallest absolute Gasteiger partial charge is 0.314 e. The summed E-state index contributed by atoms with van der Waals surface area (Å²) in [5, 5.41) is 7.55. The Morgan fingerprint density at radius 1 is 1.39 bits per heavy atom. The quantitative estimate of drug-likeness (QED) is 0.455. The van der Waals surface area contributed by atoms with Crippen molar-refractivity contribution >= 4 is 34.9 Å². The fourth-order valence-electron chi connectivity index (χ4n) is 1.70. The third-order valence-corrected chi connectivity index (χ3v) is 3.74. The van der Waals surface area contributed by atoms with E-state index in [1.54, 1.807) is 32.9 Å². The van der Waals surface area contributed by atoms with Crippen LogP contribution in [0.15, 0.2) is 23.3 Å². The van der Waals surface area contributed by atoms with E-state index in [2.05, 4.69) is 15.8 Å². The number of nitrogens with zero attached hydrogens (tertiary/aromatic N) is 1. The van der Waals surface area contributed by atoms with Crippen LogP contribution in [-0.4, -0.2) is 30.7 Å². The lowest BCUT2D eigenvalue weighted by atomic mass is 10.1. The molecule has 1 aromatic carbocycles. The largest absolute Gasteiger partial charge is 0.465 e. The summed E-state index contributed by atoms with van der Waals surface area (Å²) < 4.78 is 4.90. The number of hydrogen-bond donors (Lipinski definition) is 2. The molecule has 6 nitrogen and oxygen atoms in total. The van der Waals surface area contributed by atoms with Crippen molar-refractivity contribution in [2.45, 2.75) is 27.7 Å². The van der Waals surface area contributed by atoms with E-state index in [1.165, 1.54) is 0 Å². The van der Waals surface area contributed by atoms with Gasteiger partial charge in [0.15, 0.2) is 0 Å². The summed E-state index contributed by atoms with van der Waals surface area (Å²) in [5.74, 6) is -1.19. The lowest BCUT2D eigenvalue weighted by Crippen LogP contribution is -2.29. The number of ether oxygens (including phenoxy) is 1. The minimum absolute atomic E-state index is 0.0474. The first kappa shape index (κ1) is 19.0. The number of rotatable bonds is 7. The average Bonchev–Trinajstić information content (AvgIpc) is 2.53. The second-order valence-corrected chi connectivity index (χ2v) is 5.44. The van der Waals surface area contributed by atoms with Crippen LogP contribution in [0.3, 0.4) is 0 Å². The number of benzene rings is 1. The summed E-state index contributed by atoms with van der Waals surface area (Å²) in [7, 11) is 0. The number of nitrogens with one attached hydrogen (secondary N) is 2. The number of carbonyl (C=O) groups is 2. The van der Waals surface area contributed by atoms with Gasteiger partial charge < -0.3 is 10.1 Å². The van der Waals surface area contributed by atoms with Crippen LogP contribution in [0.5, 0.6) is 0 Å². The normalized spacial score (nSPS) is 12.5. The number of esters is 1. The van der Waals surface area contributed by atoms with E-state index in [0.29, 0.717) is 17.3 Å². The molecule has 1 atom stereocenters. The summed E-state index contributed by atoms with van der Waals surface area (Å²) in [6.07, 6.45) is 0. The fraction of sp³-hybridized carbons (Fsp3) is 0.438. The molecular formula is C16H22ClN3O3. The zero-order chi connectivity index (χ0) is 17.4. The van der Waals surface area contributed by atoms with Gasteiger partial charge >= 0.3 is 5.97 Å². The predicted octanol–water partition coefficient (Wildman–Crippen LogP) is 2.75. The Morgan fingerprint density at radius 2 is 2.09 bits per heavy atom. The zero-order valence-electron chi connectivity index (χ0n) is 13.8. The maximum atomic E-state index is 11.8. The number of halogens is 1. The third kappa shape index (κ3) is 5.90. The summed E-state index contributed by atoms with van der Waals surface area (Å²) in [6.45, 7) is 7.30. The van der Waals surface area contributed by atoms with E-state index in [4.69, 9.17) is 16.3 Å². The van der Waals surface area contributed by atoms with Gasteiger partial charge in [-0.15, -0.1) is 0 Å². The van der Waals surface area contributed by atoms with Gasteiger partial charge in [0.05, 0.1) is 19.1 Å². The van der Waals surface area contributed by atoms with Gasteiger partial charge in [-0.3, -0.25) is 9.59 Å². The molecule has 1 rings (SSSR count). The van der Waals surface area contributed by atoms with Gasteiger partial charge in [0, 0.05) is 16.4 Å². The third-order valence-electron chi connectivity index (χ3n) is 3.33. The Bertz CT molecular complexity index is 602. The van der Waals surface area contributed by atoms with Crippen molar-refractivity contribution in [3.05, 3.63) is 28.8 Å². The molecule has 0 aliphatic rings. The highest BCUT2D eigenvalue weighted by molar-refractivity contribution is 6.31. The molecule has 0 spiro atoms. The van der Waals surface area contributed by atoms with E-state index in [9.17, 15) is 9.59 Å². The lowest BCUT2D eigenvalue weighted by molar-refractivity contribution is -0.145. The molecule has 0 bridgehead atoms.